The van der Waals surface area contributed by atoms with Gasteiger partial charge in [-0.3, -0.25) is 0 Å². The molecule has 1 aliphatic heterocycles. The van der Waals surface area contributed by atoms with Crippen LogP contribution in [0.2, 0.25) is 5.28 Å². The fraction of sp³-hybridized carbons (Fsp3) is 0.769. The second kappa shape index (κ2) is 6.37. The molecule has 1 aromatic rings. The summed E-state index contributed by atoms with van der Waals surface area (Å²) in [6.07, 6.45) is 2.16. The minimum atomic E-state index is 0.196. The lowest BCUT2D eigenvalue weighted by Gasteiger charge is -2.34. The van der Waals surface area contributed by atoms with Crippen molar-refractivity contribution in [3.8, 4) is 6.01 Å². The van der Waals surface area contributed by atoms with Gasteiger partial charge in [0.2, 0.25) is 11.2 Å². The molecular weight excluding hydrogens is 264 g/mol. The average Bonchev–Trinajstić information content (AvgIpc) is 2.34. The standard InChI is InChI=1S/C13H21ClN4O/c1-4-5-19-13-16-11(14)15-12(17-13)18-7-9(2)6-10(3)8-18/h9-10H,4-8H2,1-3H3. The van der Waals surface area contributed by atoms with Crippen molar-refractivity contribution in [1.29, 1.82) is 0 Å². The van der Waals surface area contributed by atoms with Crippen LogP contribution in [0, 0.1) is 11.8 Å². The molecule has 0 aromatic carbocycles. The van der Waals surface area contributed by atoms with Gasteiger partial charge in [-0.2, -0.15) is 15.0 Å². The van der Waals surface area contributed by atoms with Crippen LogP contribution in [0.5, 0.6) is 6.01 Å². The summed E-state index contributed by atoms with van der Waals surface area (Å²) in [6.45, 7) is 9.04. The first kappa shape index (κ1) is 14.3. The average molecular weight is 285 g/mol. The minimum absolute atomic E-state index is 0.196. The maximum absolute atomic E-state index is 5.95. The molecular formula is C13H21ClN4O. The summed E-state index contributed by atoms with van der Waals surface area (Å²) < 4.78 is 5.45. The Balaban J connectivity index is 2.16. The summed E-state index contributed by atoms with van der Waals surface area (Å²) in [6, 6.07) is 0.322. The Morgan fingerprint density at radius 1 is 1.21 bits per heavy atom. The third-order valence-corrected chi connectivity index (χ3v) is 3.33. The van der Waals surface area contributed by atoms with Crippen molar-refractivity contribution in [2.75, 3.05) is 24.6 Å². The van der Waals surface area contributed by atoms with Gasteiger partial charge in [-0.05, 0) is 36.3 Å². The van der Waals surface area contributed by atoms with Gasteiger partial charge in [0, 0.05) is 13.1 Å². The highest BCUT2D eigenvalue weighted by Crippen LogP contribution is 2.25. The van der Waals surface area contributed by atoms with E-state index >= 15 is 0 Å². The minimum Gasteiger partial charge on any atom is -0.463 e. The van der Waals surface area contributed by atoms with Crippen molar-refractivity contribution in [2.45, 2.75) is 33.6 Å². The fourth-order valence-corrected chi connectivity index (χ4v) is 2.70. The van der Waals surface area contributed by atoms with E-state index in [1.807, 2.05) is 6.92 Å². The largest absolute Gasteiger partial charge is 0.463 e. The summed E-state index contributed by atoms with van der Waals surface area (Å²) >= 11 is 5.95. The fourth-order valence-electron chi connectivity index (χ4n) is 2.55. The lowest BCUT2D eigenvalue weighted by atomic mass is 9.92. The number of rotatable bonds is 4. The number of anilines is 1. The molecule has 1 saturated heterocycles. The van der Waals surface area contributed by atoms with Crippen molar-refractivity contribution in [3.05, 3.63) is 5.28 Å². The highest BCUT2D eigenvalue weighted by molar-refractivity contribution is 6.28. The topological polar surface area (TPSA) is 51.1 Å². The van der Waals surface area contributed by atoms with Gasteiger partial charge in [-0.25, -0.2) is 0 Å². The second-order valence-corrected chi connectivity index (χ2v) is 5.72. The monoisotopic (exact) mass is 284 g/mol. The predicted molar refractivity (Wildman–Crippen MR) is 75.8 cm³/mol. The van der Waals surface area contributed by atoms with Gasteiger partial charge < -0.3 is 9.64 Å². The van der Waals surface area contributed by atoms with Gasteiger partial charge in [-0.1, -0.05) is 20.8 Å². The Morgan fingerprint density at radius 2 is 1.89 bits per heavy atom. The van der Waals surface area contributed by atoms with Crippen LogP contribution in [-0.2, 0) is 0 Å². The van der Waals surface area contributed by atoms with Crippen LogP contribution in [0.4, 0.5) is 5.95 Å². The van der Waals surface area contributed by atoms with Crippen molar-refractivity contribution in [2.24, 2.45) is 11.8 Å². The van der Waals surface area contributed by atoms with E-state index in [1.165, 1.54) is 6.42 Å². The molecule has 0 N–H and O–H groups in total. The Labute approximate surface area is 119 Å². The number of piperidine rings is 1. The molecule has 6 heteroatoms. The summed E-state index contributed by atoms with van der Waals surface area (Å²) in [4.78, 5) is 14.8. The van der Waals surface area contributed by atoms with Crippen molar-refractivity contribution < 1.29 is 4.74 Å². The highest BCUT2D eigenvalue weighted by Gasteiger charge is 2.24. The first-order valence-corrected chi connectivity index (χ1v) is 7.25. The molecule has 0 radical (unpaired) electrons. The van der Waals surface area contributed by atoms with Crippen molar-refractivity contribution in [1.82, 2.24) is 15.0 Å². The predicted octanol–water partition coefficient (Wildman–Crippen LogP) is 2.80. The van der Waals surface area contributed by atoms with Gasteiger partial charge in [0.15, 0.2) is 0 Å². The lowest BCUT2D eigenvalue weighted by molar-refractivity contribution is 0.290. The zero-order chi connectivity index (χ0) is 13.8. The zero-order valence-electron chi connectivity index (χ0n) is 11.8. The molecule has 0 bridgehead atoms. The van der Waals surface area contributed by atoms with E-state index in [4.69, 9.17) is 16.3 Å². The number of halogens is 1. The van der Waals surface area contributed by atoms with Crippen LogP contribution < -0.4 is 9.64 Å². The maximum Gasteiger partial charge on any atom is 0.322 e. The summed E-state index contributed by atoms with van der Waals surface area (Å²) in [5, 5.41) is 0.196. The van der Waals surface area contributed by atoms with Crippen LogP contribution in [0.15, 0.2) is 0 Å². The van der Waals surface area contributed by atoms with Crippen molar-refractivity contribution in [3.63, 3.8) is 0 Å². The number of hydrogen-bond donors (Lipinski definition) is 0. The van der Waals surface area contributed by atoms with Gasteiger partial charge in [-0.15, -0.1) is 0 Å². The first-order valence-electron chi connectivity index (χ1n) is 6.87. The van der Waals surface area contributed by atoms with Crippen LogP contribution in [0.3, 0.4) is 0 Å². The summed E-state index contributed by atoms with van der Waals surface area (Å²) in [5.74, 6) is 1.91. The molecule has 0 saturated carbocycles. The van der Waals surface area contributed by atoms with E-state index in [1.54, 1.807) is 0 Å². The van der Waals surface area contributed by atoms with Gasteiger partial charge in [0.25, 0.3) is 0 Å². The van der Waals surface area contributed by atoms with Crippen LogP contribution >= 0.6 is 11.6 Å². The molecule has 2 atom stereocenters. The van der Waals surface area contributed by atoms with Gasteiger partial charge in [0.1, 0.15) is 0 Å². The molecule has 1 aromatic heterocycles. The molecule has 2 unspecified atom stereocenters. The number of ether oxygens (including phenoxy) is 1. The number of hydrogen-bond acceptors (Lipinski definition) is 5. The third-order valence-electron chi connectivity index (χ3n) is 3.16. The van der Waals surface area contributed by atoms with E-state index < -0.39 is 0 Å². The molecule has 1 fully saturated rings. The molecule has 1 aliphatic rings. The Bertz CT molecular complexity index is 419. The maximum atomic E-state index is 5.95. The van der Waals surface area contributed by atoms with Crippen LogP contribution in [0.25, 0.3) is 0 Å². The van der Waals surface area contributed by atoms with Crippen LogP contribution in [-0.4, -0.2) is 34.6 Å². The quantitative estimate of drug-likeness (QED) is 0.851. The Hall–Kier alpha value is -1.10. The SMILES string of the molecule is CCCOc1nc(Cl)nc(N2CC(C)CC(C)C2)n1. The number of nitrogens with zero attached hydrogens (tertiary/aromatic N) is 4. The second-order valence-electron chi connectivity index (χ2n) is 5.39. The van der Waals surface area contributed by atoms with Gasteiger partial charge >= 0.3 is 6.01 Å². The Morgan fingerprint density at radius 3 is 2.53 bits per heavy atom. The van der Waals surface area contributed by atoms with Crippen molar-refractivity contribution >= 4 is 17.5 Å². The van der Waals surface area contributed by atoms with Gasteiger partial charge in [0.05, 0.1) is 6.61 Å². The Kier molecular flexibility index (Phi) is 4.80. The summed E-state index contributed by atoms with van der Waals surface area (Å²) in [5.41, 5.74) is 0. The first-order chi connectivity index (χ1) is 9.08. The molecule has 0 amide bonds. The highest BCUT2D eigenvalue weighted by atomic mass is 35.5. The molecule has 19 heavy (non-hydrogen) atoms. The molecule has 0 aliphatic carbocycles. The molecule has 106 valence electrons. The molecule has 2 rings (SSSR count). The lowest BCUT2D eigenvalue weighted by Crippen LogP contribution is -2.39. The van der Waals surface area contributed by atoms with E-state index in [0.29, 0.717) is 30.4 Å². The van der Waals surface area contributed by atoms with Crippen LogP contribution in [0.1, 0.15) is 33.6 Å². The summed E-state index contributed by atoms with van der Waals surface area (Å²) in [7, 11) is 0. The molecule has 5 nitrogen and oxygen atoms in total. The number of aromatic nitrogens is 3. The molecule has 0 spiro atoms. The van der Waals surface area contributed by atoms with E-state index in [-0.39, 0.29) is 5.28 Å². The normalized spacial score (nSPS) is 23.5. The van der Waals surface area contributed by atoms with E-state index in [2.05, 4.69) is 33.7 Å². The van der Waals surface area contributed by atoms with E-state index in [0.717, 1.165) is 19.5 Å². The third kappa shape index (κ3) is 3.93. The zero-order valence-corrected chi connectivity index (χ0v) is 12.5. The van der Waals surface area contributed by atoms with E-state index in [9.17, 15) is 0 Å². The molecule has 2 heterocycles. The smallest absolute Gasteiger partial charge is 0.322 e.